The zero-order valence-electron chi connectivity index (χ0n) is 38.9. The molecule has 0 fully saturated rings. The molecule has 0 aliphatic carbocycles. The molecule has 0 bridgehead atoms. The Hall–Kier alpha value is -3.41. The maximum atomic E-state index is 12.7. The summed E-state index contributed by atoms with van der Waals surface area (Å²) in [6, 6.07) is 0. The molecule has 6 heteroatoms. The molecule has 60 heavy (non-hydrogen) atoms. The SMILES string of the molecule is CC/C=C\C/C=C\C/C=C\C/C=C\C/C=C\C/C=C\CCC(=O)OCC(COC(=O)CCCCCCCCCCC)OC(=O)CCCCC/C=C\CCCCCCCCC. The number of rotatable bonds is 43. The predicted octanol–water partition coefficient (Wildman–Crippen LogP) is 16.0. The summed E-state index contributed by atoms with van der Waals surface area (Å²) in [5, 5.41) is 0. The summed E-state index contributed by atoms with van der Waals surface area (Å²) in [7, 11) is 0. The van der Waals surface area contributed by atoms with Crippen LogP contribution in [0, 0.1) is 0 Å². The van der Waals surface area contributed by atoms with Gasteiger partial charge in [0.1, 0.15) is 13.2 Å². The van der Waals surface area contributed by atoms with Gasteiger partial charge in [-0.25, -0.2) is 0 Å². The van der Waals surface area contributed by atoms with Crippen LogP contribution in [-0.4, -0.2) is 37.2 Å². The van der Waals surface area contributed by atoms with Crippen LogP contribution < -0.4 is 0 Å². The monoisotopic (exact) mass is 835 g/mol. The first-order valence-corrected chi connectivity index (χ1v) is 24.6. The van der Waals surface area contributed by atoms with Gasteiger partial charge >= 0.3 is 17.9 Å². The van der Waals surface area contributed by atoms with Gasteiger partial charge in [-0.05, 0) is 83.5 Å². The van der Waals surface area contributed by atoms with Crippen LogP contribution in [-0.2, 0) is 28.6 Å². The molecular formula is C54H90O6. The zero-order chi connectivity index (χ0) is 43.7. The Morgan fingerprint density at radius 1 is 0.350 bits per heavy atom. The molecule has 0 aliphatic heterocycles. The highest BCUT2D eigenvalue weighted by Crippen LogP contribution is 2.13. The lowest BCUT2D eigenvalue weighted by Crippen LogP contribution is -2.30. The van der Waals surface area contributed by atoms with Crippen LogP contribution in [0.1, 0.15) is 220 Å². The van der Waals surface area contributed by atoms with Crippen LogP contribution in [0.25, 0.3) is 0 Å². The molecule has 0 amide bonds. The lowest BCUT2D eigenvalue weighted by atomic mass is 10.1. The molecule has 1 atom stereocenters. The van der Waals surface area contributed by atoms with E-state index in [2.05, 4.69) is 93.7 Å². The van der Waals surface area contributed by atoms with Crippen LogP contribution in [0.3, 0.4) is 0 Å². The first kappa shape index (κ1) is 56.6. The Labute approximate surface area is 369 Å². The number of ether oxygens (including phenoxy) is 3. The lowest BCUT2D eigenvalue weighted by Gasteiger charge is -2.18. The Morgan fingerprint density at radius 2 is 0.683 bits per heavy atom. The summed E-state index contributed by atoms with van der Waals surface area (Å²) in [4.78, 5) is 37.8. The minimum atomic E-state index is -0.811. The van der Waals surface area contributed by atoms with Gasteiger partial charge < -0.3 is 14.2 Å². The highest BCUT2D eigenvalue weighted by Gasteiger charge is 2.19. The minimum Gasteiger partial charge on any atom is -0.462 e. The lowest BCUT2D eigenvalue weighted by molar-refractivity contribution is -0.166. The van der Waals surface area contributed by atoms with Crippen LogP contribution in [0.2, 0.25) is 0 Å². The quantitative estimate of drug-likeness (QED) is 0.0263. The molecule has 0 radical (unpaired) electrons. The summed E-state index contributed by atoms with van der Waals surface area (Å²) in [5.74, 6) is -1.02. The molecule has 0 heterocycles. The molecule has 0 saturated carbocycles. The first-order valence-electron chi connectivity index (χ1n) is 24.6. The van der Waals surface area contributed by atoms with Crippen LogP contribution >= 0.6 is 0 Å². The van der Waals surface area contributed by atoms with Crippen molar-refractivity contribution >= 4 is 17.9 Å². The number of carbonyl (C=O) groups excluding carboxylic acids is 3. The van der Waals surface area contributed by atoms with E-state index < -0.39 is 6.10 Å². The van der Waals surface area contributed by atoms with Gasteiger partial charge in [0.2, 0.25) is 0 Å². The summed E-state index contributed by atoms with van der Waals surface area (Å²) in [6.07, 6.45) is 61.5. The molecule has 6 nitrogen and oxygen atoms in total. The normalized spacial score (nSPS) is 12.8. The molecule has 0 rings (SSSR count). The van der Waals surface area contributed by atoms with E-state index in [0.29, 0.717) is 19.3 Å². The number of unbranched alkanes of at least 4 members (excludes halogenated alkanes) is 18. The summed E-state index contributed by atoms with van der Waals surface area (Å²) < 4.78 is 16.6. The molecule has 0 aromatic rings. The van der Waals surface area contributed by atoms with Gasteiger partial charge in [-0.2, -0.15) is 0 Å². The average Bonchev–Trinajstić information content (AvgIpc) is 3.24. The largest absolute Gasteiger partial charge is 0.462 e. The Balaban J connectivity index is 4.48. The molecule has 0 N–H and O–H groups in total. The van der Waals surface area contributed by atoms with Crippen molar-refractivity contribution < 1.29 is 28.6 Å². The zero-order valence-corrected chi connectivity index (χ0v) is 38.9. The fourth-order valence-corrected chi connectivity index (χ4v) is 6.46. The maximum absolute atomic E-state index is 12.7. The van der Waals surface area contributed by atoms with Crippen molar-refractivity contribution in [2.75, 3.05) is 13.2 Å². The number of hydrogen-bond donors (Lipinski definition) is 0. The van der Waals surface area contributed by atoms with Crippen LogP contribution in [0.15, 0.2) is 85.1 Å². The first-order chi connectivity index (χ1) is 29.5. The van der Waals surface area contributed by atoms with E-state index in [1.165, 1.54) is 83.5 Å². The van der Waals surface area contributed by atoms with Crippen molar-refractivity contribution in [3.63, 3.8) is 0 Å². The number of hydrogen-bond acceptors (Lipinski definition) is 6. The van der Waals surface area contributed by atoms with E-state index in [9.17, 15) is 14.4 Å². The summed E-state index contributed by atoms with van der Waals surface area (Å²) in [6.45, 7) is 6.41. The topological polar surface area (TPSA) is 78.9 Å². The van der Waals surface area contributed by atoms with Gasteiger partial charge in [0, 0.05) is 19.3 Å². The third-order valence-corrected chi connectivity index (χ3v) is 10.1. The van der Waals surface area contributed by atoms with Crippen molar-refractivity contribution in [3.8, 4) is 0 Å². The van der Waals surface area contributed by atoms with Crippen LogP contribution in [0.4, 0.5) is 0 Å². The van der Waals surface area contributed by atoms with Gasteiger partial charge in [0.05, 0.1) is 0 Å². The molecule has 0 aliphatic rings. The van der Waals surface area contributed by atoms with Gasteiger partial charge in [0.15, 0.2) is 6.10 Å². The van der Waals surface area contributed by atoms with Gasteiger partial charge in [-0.1, -0.05) is 202 Å². The van der Waals surface area contributed by atoms with Crippen molar-refractivity contribution in [3.05, 3.63) is 85.1 Å². The van der Waals surface area contributed by atoms with E-state index in [0.717, 1.165) is 89.9 Å². The third kappa shape index (κ3) is 45.7. The van der Waals surface area contributed by atoms with Crippen molar-refractivity contribution in [2.45, 2.75) is 226 Å². The fourth-order valence-electron chi connectivity index (χ4n) is 6.46. The van der Waals surface area contributed by atoms with E-state index in [4.69, 9.17) is 14.2 Å². The Morgan fingerprint density at radius 3 is 1.13 bits per heavy atom. The molecular weight excluding hydrogens is 745 g/mol. The standard InChI is InChI=1S/C54H90O6/c1-4-7-10-13-16-19-21-23-25-26-27-28-29-31-32-35-38-41-44-47-53(56)59-50-51(49-58-52(55)46-43-40-37-34-18-15-12-9-6-3)60-54(57)48-45-42-39-36-33-30-24-22-20-17-14-11-8-5-2/h7,10,16,19,23,25,27-28,30-33,38,41,51H,4-6,8-9,11-15,17-18,20-22,24,26,29,34-37,39-40,42-50H2,1-3H3/b10-7-,19-16-,25-23-,28-27-,32-31-,33-30-,41-38-. The van der Waals surface area contributed by atoms with E-state index in [1.807, 2.05) is 12.2 Å². The predicted molar refractivity (Wildman–Crippen MR) is 256 cm³/mol. The van der Waals surface area contributed by atoms with E-state index in [1.54, 1.807) is 0 Å². The van der Waals surface area contributed by atoms with Crippen LogP contribution in [0.5, 0.6) is 0 Å². The van der Waals surface area contributed by atoms with Crippen molar-refractivity contribution in [2.24, 2.45) is 0 Å². The molecule has 1 unspecified atom stereocenters. The number of allylic oxidation sites excluding steroid dienone is 14. The summed E-state index contributed by atoms with van der Waals surface area (Å²) >= 11 is 0. The Kier molecular flexibility index (Phi) is 45.5. The fraction of sp³-hybridized carbons (Fsp3) is 0.685. The third-order valence-electron chi connectivity index (χ3n) is 10.1. The highest BCUT2D eigenvalue weighted by molar-refractivity contribution is 5.71. The molecule has 0 aromatic heterocycles. The highest BCUT2D eigenvalue weighted by atomic mass is 16.6. The smallest absolute Gasteiger partial charge is 0.306 e. The average molecular weight is 835 g/mol. The van der Waals surface area contributed by atoms with E-state index >= 15 is 0 Å². The van der Waals surface area contributed by atoms with E-state index in [-0.39, 0.29) is 37.5 Å². The van der Waals surface area contributed by atoms with Crippen molar-refractivity contribution in [1.82, 2.24) is 0 Å². The maximum Gasteiger partial charge on any atom is 0.306 e. The Bertz CT molecular complexity index is 1190. The minimum absolute atomic E-state index is 0.105. The second-order valence-corrected chi connectivity index (χ2v) is 16.0. The number of esters is 3. The summed E-state index contributed by atoms with van der Waals surface area (Å²) in [5.41, 5.74) is 0. The second kappa shape index (κ2) is 48.3. The molecule has 0 saturated heterocycles. The number of carbonyl (C=O) groups is 3. The molecule has 0 aromatic carbocycles. The second-order valence-electron chi connectivity index (χ2n) is 16.0. The molecule has 342 valence electrons. The van der Waals surface area contributed by atoms with Gasteiger partial charge in [0.25, 0.3) is 0 Å². The van der Waals surface area contributed by atoms with Gasteiger partial charge in [-0.3, -0.25) is 14.4 Å². The van der Waals surface area contributed by atoms with Gasteiger partial charge in [-0.15, -0.1) is 0 Å². The molecule has 0 spiro atoms. The van der Waals surface area contributed by atoms with Crippen molar-refractivity contribution in [1.29, 1.82) is 0 Å².